The number of nitrogens with two attached hydrogens (primary N) is 1. The highest BCUT2D eigenvalue weighted by molar-refractivity contribution is 5.99. The van der Waals surface area contributed by atoms with Gasteiger partial charge in [0, 0.05) is 12.6 Å². The van der Waals surface area contributed by atoms with Crippen molar-refractivity contribution in [3.63, 3.8) is 0 Å². The van der Waals surface area contributed by atoms with Crippen molar-refractivity contribution in [2.45, 2.75) is 0 Å². The number of hydrogen-bond donors (Lipinski definition) is 2. The van der Waals surface area contributed by atoms with E-state index in [0.717, 1.165) is 12.1 Å². The zero-order chi connectivity index (χ0) is 13.4. The first-order valence-corrected chi connectivity index (χ1v) is 4.93. The Morgan fingerprint density at radius 2 is 2.06 bits per heavy atom. The molecule has 0 saturated carbocycles. The van der Waals surface area contributed by atoms with Crippen molar-refractivity contribution in [3.8, 4) is 11.3 Å². The number of carboxylic acid groups (broad SMARTS) is 1. The molecular weight excluding hydrogens is 244 g/mol. The Morgan fingerprint density at radius 1 is 1.39 bits per heavy atom. The average molecular weight is 253 g/mol. The van der Waals surface area contributed by atoms with Crippen molar-refractivity contribution in [2.24, 2.45) is 7.05 Å². The van der Waals surface area contributed by atoms with E-state index in [0.29, 0.717) is 0 Å². The van der Waals surface area contributed by atoms with Crippen molar-refractivity contribution in [2.75, 3.05) is 5.73 Å². The summed E-state index contributed by atoms with van der Waals surface area (Å²) in [4.78, 5) is 11.1. The number of anilines is 1. The van der Waals surface area contributed by atoms with Gasteiger partial charge in [-0.1, -0.05) is 0 Å². The number of halogens is 2. The van der Waals surface area contributed by atoms with Gasteiger partial charge in [-0.3, -0.25) is 4.68 Å². The van der Waals surface area contributed by atoms with Gasteiger partial charge in [0.25, 0.3) is 0 Å². The standard InChI is InChI=1S/C11H9F2N3O2/c1-16-10(14)8(11(17)18)9(15-16)5-2-3-6(12)7(13)4-5/h2-4H,14H2,1H3,(H,17,18). The third-order valence-corrected chi connectivity index (χ3v) is 2.50. The van der Waals surface area contributed by atoms with Crippen molar-refractivity contribution < 1.29 is 18.7 Å². The van der Waals surface area contributed by atoms with Gasteiger partial charge in [0.2, 0.25) is 0 Å². The predicted molar refractivity (Wildman–Crippen MR) is 59.9 cm³/mol. The second-order valence-corrected chi connectivity index (χ2v) is 3.67. The second kappa shape index (κ2) is 4.10. The maximum absolute atomic E-state index is 13.1. The van der Waals surface area contributed by atoms with Gasteiger partial charge < -0.3 is 10.8 Å². The van der Waals surface area contributed by atoms with Crippen LogP contribution in [0.1, 0.15) is 10.4 Å². The van der Waals surface area contributed by atoms with Gasteiger partial charge in [-0.25, -0.2) is 13.6 Å². The fraction of sp³-hybridized carbons (Fsp3) is 0.0909. The van der Waals surface area contributed by atoms with Crippen LogP contribution in [0.25, 0.3) is 11.3 Å². The molecule has 0 fully saturated rings. The van der Waals surface area contributed by atoms with E-state index < -0.39 is 17.6 Å². The molecule has 0 bridgehead atoms. The Hall–Kier alpha value is -2.44. The van der Waals surface area contributed by atoms with Gasteiger partial charge >= 0.3 is 5.97 Å². The number of nitrogens with zero attached hydrogens (tertiary/aromatic N) is 2. The number of carboxylic acids is 1. The van der Waals surface area contributed by atoms with Crippen molar-refractivity contribution in [3.05, 3.63) is 35.4 Å². The third-order valence-electron chi connectivity index (χ3n) is 2.50. The molecule has 0 aliphatic heterocycles. The van der Waals surface area contributed by atoms with Crippen LogP contribution in [-0.4, -0.2) is 20.9 Å². The molecule has 7 heteroatoms. The van der Waals surface area contributed by atoms with Crippen LogP contribution in [0.4, 0.5) is 14.6 Å². The number of hydrogen-bond acceptors (Lipinski definition) is 3. The molecule has 1 aromatic heterocycles. The van der Waals surface area contributed by atoms with Gasteiger partial charge in [0.15, 0.2) is 11.6 Å². The lowest BCUT2D eigenvalue weighted by atomic mass is 10.1. The molecule has 0 atom stereocenters. The molecule has 5 nitrogen and oxygen atoms in total. The van der Waals surface area contributed by atoms with E-state index in [1.54, 1.807) is 0 Å². The van der Waals surface area contributed by atoms with Gasteiger partial charge in [0.05, 0.1) is 0 Å². The van der Waals surface area contributed by atoms with Crippen LogP contribution in [0, 0.1) is 11.6 Å². The largest absolute Gasteiger partial charge is 0.477 e. The molecule has 0 saturated heterocycles. The number of aromatic nitrogens is 2. The normalized spacial score (nSPS) is 10.6. The average Bonchev–Trinajstić information content (AvgIpc) is 2.59. The molecular formula is C11H9F2N3O2. The number of aromatic carboxylic acids is 1. The SMILES string of the molecule is Cn1nc(-c2ccc(F)c(F)c2)c(C(=O)O)c1N. The smallest absolute Gasteiger partial charge is 0.341 e. The summed E-state index contributed by atoms with van der Waals surface area (Å²) < 4.78 is 27.1. The predicted octanol–water partition coefficient (Wildman–Crippen LogP) is 1.65. The molecule has 0 unspecified atom stereocenters. The first kappa shape index (κ1) is 12.0. The molecule has 0 spiro atoms. The minimum absolute atomic E-state index is 0.00130. The molecule has 0 aliphatic rings. The number of rotatable bonds is 2. The van der Waals surface area contributed by atoms with E-state index in [9.17, 15) is 13.6 Å². The highest BCUT2D eigenvalue weighted by Crippen LogP contribution is 2.27. The van der Waals surface area contributed by atoms with E-state index in [-0.39, 0.29) is 22.6 Å². The van der Waals surface area contributed by atoms with E-state index in [1.807, 2.05) is 0 Å². The lowest BCUT2D eigenvalue weighted by Crippen LogP contribution is -2.04. The molecule has 1 heterocycles. The molecule has 2 rings (SSSR count). The monoisotopic (exact) mass is 253 g/mol. The van der Waals surface area contributed by atoms with Crippen molar-refractivity contribution in [1.82, 2.24) is 9.78 Å². The summed E-state index contributed by atoms with van der Waals surface area (Å²) in [6.07, 6.45) is 0. The van der Waals surface area contributed by atoms with Gasteiger partial charge in [-0.2, -0.15) is 5.10 Å². The zero-order valence-corrected chi connectivity index (χ0v) is 9.32. The van der Waals surface area contributed by atoms with Crippen molar-refractivity contribution in [1.29, 1.82) is 0 Å². The fourth-order valence-corrected chi connectivity index (χ4v) is 1.59. The Labute approximate surface area is 100 Å². The number of nitrogen functional groups attached to an aromatic ring is 1. The number of aryl methyl sites for hydroxylation is 1. The molecule has 2 aromatic rings. The molecule has 0 radical (unpaired) electrons. The summed E-state index contributed by atoms with van der Waals surface area (Å²) in [7, 11) is 1.46. The van der Waals surface area contributed by atoms with Gasteiger partial charge in [-0.15, -0.1) is 0 Å². The summed E-state index contributed by atoms with van der Waals surface area (Å²) in [5.74, 6) is -3.42. The number of carbonyl (C=O) groups is 1. The van der Waals surface area contributed by atoms with Crippen LogP contribution >= 0.6 is 0 Å². The van der Waals surface area contributed by atoms with Gasteiger partial charge in [0.1, 0.15) is 17.1 Å². The van der Waals surface area contributed by atoms with Crippen LogP contribution in [0.3, 0.4) is 0 Å². The third kappa shape index (κ3) is 1.79. The lowest BCUT2D eigenvalue weighted by molar-refractivity contribution is 0.0699. The van der Waals surface area contributed by atoms with Crippen LogP contribution in [0.2, 0.25) is 0 Å². The van der Waals surface area contributed by atoms with Crippen LogP contribution < -0.4 is 5.73 Å². The van der Waals surface area contributed by atoms with E-state index >= 15 is 0 Å². The first-order valence-electron chi connectivity index (χ1n) is 4.93. The molecule has 3 N–H and O–H groups in total. The van der Waals surface area contributed by atoms with E-state index in [2.05, 4.69) is 5.10 Å². The zero-order valence-electron chi connectivity index (χ0n) is 9.32. The molecule has 1 aromatic carbocycles. The van der Waals surface area contributed by atoms with Crippen LogP contribution in [-0.2, 0) is 7.05 Å². The topological polar surface area (TPSA) is 81.1 Å². The van der Waals surface area contributed by atoms with E-state index in [1.165, 1.54) is 17.8 Å². The number of benzene rings is 1. The summed E-state index contributed by atoms with van der Waals surface area (Å²) >= 11 is 0. The quantitative estimate of drug-likeness (QED) is 0.852. The highest BCUT2D eigenvalue weighted by atomic mass is 19.2. The second-order valence-electron chi connectivity index (χ2n) is 3.67. The summed E-state index contributed by atoms with van der Waals surface area (Å²) in [5.41, 5.74) is 5.48. The molecule has 18 heavy (non-hydrogen) atoms. The molecule has 0 amide bonds. The maximum Gasteiger partial charge on any atom is 0.341 e. The van der Waals surface area contributed by atoms with Gasteiger partial charge in [-0.05, 0) is 18.2 Å². The Balaban J connectivity index is 2.67. The highest BCUT2D eigenvalue weighted by Gasteiger charge is 2.22. The molecule has 94 valence electrons. The molecule has 0 aliphatic carbocycles. The fourth-order valence-electron chi connectivity index (χ4n) is 1.59. The minimum atomic E-state index is -1.28. The summed E-state index contributed by atoms with van der Waals surface area (Å²) in [6.45, 7) is 0. The minimum Gasteiger partial charge on any atom is -0.477 e. The first-order chi connectivity index (χ1) is 8.41. The Kier molecular flexibility index (Phi) is 2.74. The van der Waals surface area contributed by atoms with Crippen LogP contribution in [0.5, 0.6) is 0 Å². The summed E-state index contributed by atoms with van der Waals surface area (Å²) in [5, 5.41) is 12.9. The Morgan fingerprint density at radius 3 is 2.61 bits per heavy atom. The van der Waals surface area contributed by atoms with Crippen molar-refractivity contribution >= 4 is 11.8 Å². The van der Waals surface area contributed by atoms with Crippen LogP contribution in [0.15, 0.2) is 18.2 Å². The Bertz CT molecular complexity index is 637. The lowest BCUT2D eigenvalue weighted by Gasteiger charge is -2.00. The van der Waals surface area contributed by atoms with E-state index in [4.69, 9.17) is 10.8 Å². The summed E-state index contributed by atoms with van der Waals surface area (Å²) in [6, 6.07) is 3.03. The maximum atomic E-state index is 13.1.